The van der Waals surface area contributed by atoms with Crippen molar-refractivity contribution in [2.75, 3.05) is 52.4 Å². The molecule has 4 atom stereocenters. The molecule has 0 radical (unpaired) electrons. The largest absolute Gasteiger partial charge is 0.296 e. The van der Waals surface area contributed by atoms with Gasteiger partial charge in [0.2, 0.25) is 0 Å². The van der Waals surface area contributed by atoms with E-state index >= 15 is 0 Å². The zero-order valence-corrected chi connectivity index (χ0v) is 35.1. The molecule has 8 nitrogen and oxygen atoms in total. The Morgan fingerprint density at radius 1 is 0.510 bits per heavy atom. The van der Waals surface area contributed by atoms with Gasteiger partial charge in [-0.25, -0.2) is 0 Å². The van der Waals surface area contributed by atoms with Crippen LogP contribution >= 0.6 is 0 Å². The lowest BCUT2D eigenvalue weighted by molar-refractivity contribution is -0.0754. The van der Waals surface area contributed by atoms with Crippen LogP contribution < -0.4 is 0 Å². The van der Waals surface area contributed by atoms with Crippen LogP contribution in [0.5, 0.6) is 0 Å². The second-order valence-corrected chi connectivity index (χ2v) is 20.5. The van der Waals surface area contributed by atoms with E-state index in [4.69, 9.17) is 0 Å². The van der Waals surface area contributed by atoms with E-state index in [1.54, 1.807) is 0 Å². The van der Waals surface area contributed by atoms with Crippen LogP contribution in [0.2, 0.25) is 0 Å². The van der Waals surface area contributed by atoms with E-state index in [0.29, 0.717) is 18.5 Å². The van der Waals surface area contributed by atoms with Crippen molar-refractivity contribution in [2.45, 2.75) is 200 Å². The molecule has 0 saturated carbocycles. The predicted octanol–water partition coefficient (Wildman–Crippen LogP) is 7.06. The van der Waals surface area contributed by atoms with Gasteiger partial charge in [-0.1, -0.05) is 0 Å². The zero-order chi connectivity index (χ0) is 37.4. The second-order valence-electron chi connectivity index (χ2n) is 20.5. The Kier molecular flexibility index (Phi) is 13.2. The lowest BCUT2D eigenvalue weighted by atomic mass is 9.82. The summed E-state index contributed by atoms with van der Waals surface area (Å²) < 4.78 is 0. The Morgan fingerprint density at radius 2 is 0.980 bits per heavy atom. The van der Waals surface area contributed by atoms with Gasteiger partial charge in [-0.3, -0.25) is 29.4 Å². The maximum Gasteiger partial charge on any atom is 0.111 e. The molecule has 49 heavy (non-hydrogen) atoms. The van der Waals surface area contributed by atoms with Crippen LogP contribution in [0.15, 0.2) is 0 Å². The van der Waals surface area contributed by atoms with Crippen molar-refractivity contribution < 1.29 is 0 Å². The van der Waals surface area contributed by atoms with Gasteiger partial charge in [-0.05, 0) is 136 Å². The number of hydrogen-bond donors (Lipinski definition) is 0. The van der Waals surface area contributed by atoms with Gasteiger partial charge in [0.25, 0.3) is 0 Å². The van der Waals surface area contributed by atoms with E-state index in [2.05, 4.69) is 152 Å². The monoisotopic (exact) mass is 683 g/mol. The molecule has 0 aromatic carbocycles. The van der Waals surface area contributed by atoms with Crippen molar-refractivity contribution in [3.63, 3.8) is 0 Å². The minimum atomic E-state index is -0.0533. The standard InChI is InChI=1S/C41H78N8/c1-32-28-46(39(11,12)19-18-38(9,10)45-24-25-47(37(6,7)8)35(27-43)31-45)29-33(2)49(32)41(15,16)21-20-40(13,14)48-26-23-44(36(3,4)5)30-34(48)17-22-42/h32-35H,17-21,23-26,28-31H2,1-16H3/t32-,33-,34?,35?/m0/s1. The minimum absolute atomic E-state index is 0.0158. The van der Waals surface area contributed by atoms with Gasteiger partial charge in [0, 0.05) is 104 Å². The van der Waals surface area contributed by atoms with E-state index in [-0.39, 0.29) is 45.3 Å². The summed E-state index contributed by atoms with van der Waals surface area (Å²) in [5.41, 5.74) is 0.425. The fraction of sp³-hybridized carbons (Fsp3) is 0.951. The molecule has 2 unspecified atom stereocenters. The van der Waals surface area contributed by atoms with Gasteiger partial charge in [-0.2, -0.15) is 10.5 Å². The molecule has 3 fully saturated rings. The molecule has 282 valence electrons. The quantitative estimate of drug-likeness (QED) is 0.230. The first-order valence-electron chi connectivity index (χ1n) is 19.6. The van der Waals surface area contributed by atoms with E-state index in [1.165, 1.54) is 0 Å². The van der Waals surface area contributed by atoms with Crippen LogP contribution in [0.25, 0.3) is 0 Å². The summed E-state index contributed by atoms with van der Waals surface area (Å²) in [6.45, 7) is 46.0. The van der Waals surface area contributed by atoms with E-state index < -0.39 is 0 Å². The average Bonchev–Trinajstić information content (AvgIpc) is 2.97. The van der Waals surface area contributed by atoms with E-state index in [0.717, 1.165) is 78.0 Å². The van der Waals surface area contributed by atoms with Crippen molar-refractivity contribution in [1.29, 1.82) is 10.5 Å². The Balaban J connectivity index is 1.61. The Bertz CT molecular complexity index is 1150. The molecule has 0 bridgehead atoms. The van der Waals surface area contributed by atoms with Gasteiger partial charge < -0.3 is 0 Å². The summed E-state index contributed by atoms with van der Waals surface area (Å²) in [5.74, 6) is 0. The fourth-order valence-corrected chi connectivity index (χ4v) is 9.61. The molecule has 3 heterocycles. The predicted molar refractivity (Wildman–Crippen MR) is 207 cm³/mol. The highest BCUT2D eigenvalue weighted by Crippen LogP contribution is 2.38. The SMILES string of the molecule is C[C@H]1CN(C(C)(C)CCC(C)(C)N2CCN(C(C)(C)C)C(C#N)C2)C[C@H](C)N1C(C)(C)CCC(C)(C)N1CCN(C(C)(C)C)CC1CC#N. The normalized spacial score (nSPS) is 27.6. The average molecular weight is 683 g/mol. The molecule has 3 aliphatic heterocycles. The molecule has 0 amide bonds. The minimum Gasteiger partial charge on any atom is -0.296 e. The molecule has 0 aromatic rings. The number of nitrogens with zero attached hydrogens (tertiary/aromatic N) is 8. The second kappa shape index (κ2) is 15.4. The molecule has 8 heteroatoms. The zero-order valence-electron chi connectivity index (χ0n) is 35.1. The third kappa shape index (κ3) is 10.2. The smallest absolute Gasteiger partial charge is 0.111 e. The summed E-state index contributed by atoms with van der Waals surface area (Å²) in [7, 11) is 0. The first-order chi connectivity index (χ1) is 22.3. The summed E-state index contributed by atoms with van der Waals surface area (Å²) in [6.07, 6.45) is 5.11. The molecule has 3 rings (SSSR count). The summed E-state index contributed by atoms with van der Waals surface area (Å²) in [5, 5.41) is 19.7. The van der Waals surface area contributed by atoms with Crippen LogP contribution in [0.3, 0.4) is 0 Å². The van der Waals surface area contributed by atoms with Crippen molar-refractivity contribution >= 4 is 0 Å². The molecule has 0 N–H and O–H groups in total. The van der Waals surface area contributed by atoms with Crippen LogP contribution in [0, 0.1) is 22.7 Å². The van der Waals surface area contributed by atoms with Crippen molar-refractivity contribution in [3.8, 4) is 12.1 Å². The van der Waals surface area contributed by atoms with E-state index in [1.807, 2.05) is 0 Å². The lowest BCUT2D eigenvalue weighted by Crippen LogP contribution is -2.67. The maximum atomic E-state index is 10.0. The van der Waals surface area contributed by atoms with E-state index in [9.17, 15) is 10.5 Å². The van der Waals surface area contributed by atoms with Crippen molar-refractivity contribution in [3.05, 3.63) is 0 Å². The molecule has 0 aliphatic carbocycles. The first kappa shape index (κ1) is 42.2. The number of nitriles is 2. The third-order valence-corrected chi connectivity index (χ3v) is 13.0. The summed E-state index contributed by atoms with van der Waals surface area (Å²) in [4.78, 5) is 15.8. The molecular weight excluding hydrogens is 605 g/mol. The molecule has 0 aromatic heterocycles. The van der Waals surface area contributed by atoms with Crippen molar-refractivity contribution in [2.24, 2.45) is 0 Å². The number of hydrogen-bond acceptors (Lipinski definition) is 8. The third-order valence-electron chi connectivity index (χ3n) is 13.0. The van der Waals surface area contributed by atoms with Crippen LogP contribution in [-0.2, 0) is 0 Å². The van der Waals surface area contributed by atoms with Crippen LogP contribution in [0.1, 0.15) is 143 Å². The lowest BCUT2D eigenvalue weighted by Gasteiger charge is -2.57. The Morgan fingerprint density at radius 3 is 1.47 bits per heavy atom. The van der Waals surface area contributed by atoms with Gasteiger partial charge in [0.15, 0.2) is 0 Å². The molecule has 3 saturated heterocycles. The number of rotatable bonds is 11. The Hall–Kier alpha value is -1.26. The highest BCUT2D eigenvalue weighted by Gasteiger charge is 2.45. The molecular formula is C41H78N8. The highest BCUT2D eigenvalue weighted by molar-refractivity contribution is 5.05. The summed E-state index contributed by atoms with van der Waals surface area (Å²) >= 11 is 0. The van der Waals surface area contributed by atoms with Crippen molar-refractivity contribution in [1.82, 2.24) is 29.4 Å². The van der Waals surface area contributed by atoms with Crippen LogP contribution in [0.4, 0.5) is 0 Å². The molecule has 0 spiro atoms. The summed E-state index contributed by atoms with van der Waals surface area (Å²) in [6, 6.07) is 6.30. The van der Waals surface area contributed by atoms with Gasteiger partial charge in [0.1, 0.15) is 6.04 Å². The topological polar surface area (TPSA) is 67.0 Å². The van der Waals surface area contributed by atoms with Gasteiger partial charge >= 0.3 is 0 Å². The highest BCUT2D eigenvalue weighted by atomic mass is 15.4. The van der Waals surface area contributed by atoms with Gasteiger partial charge in [0.05, 0.1) is 18.6 Å². The maximum absolute atomic E-state index is 10.0. The van der Waals surface area contributed by atoms with Gasteiger partial charge in [-0.15, -0.1) is 0 Å². The fourth-order valence-electron chi connectivity index (χ4n) is 9.61. The molecule has 3 aliphatic rings. The first-order valence-corrected chi connectivity index (χ1v) is 19.6. The Labute approximate surface area is 304 Å². The number of piperazine rings is 3. The van der Waals surface area contributed by atoms with Crippen LogP contribution in [-0.4, -0.2) is 139 Å².